The van der Waals surface area contributed by atoms with E-state index in [4.69, 9.17) is 4.42 Å². The smallest absolute Gasteiger partial charge is 0.322 e. The van der Waals surface area contributed by atoms with Crippen LogP contribution in [0.2, 0.25) is 0 Å². The van der Waals surface area contributed by atoms with Gasteiger partial charge in [0.15, 0.2) is 0 Å². The standard InChI is InChI=1S/C11H13N5O2/c1-6-4-9(12-3)8(5-13-6)10(17)14-11-16-15-7(2)18-11/h4-5H,1-3H3,(H,12,13)(H,14,16,17). The number of aryl methyl sites for hydroxylation is 2. The number of carbonyl (C=O) groups excluding carboxylic acids is 1. The molecule has 0 radical (unpaired) electrons. The van der Waals surface area contributed by atoms with E-state index in [0.29, 0.717) is 17.1 Å². The second-order valence-electron chi connectivity index (χ2n) is 3.70. The van der Waals surface area contributed by atoms with Gasteiger partial charge in [-0.05, 0) is 13.0 Å². The summed E-state index contributed by atoms with van der Waals surface area (Å²) in [6.07, 6.45) is 1.50. The molecule has 18 heavy (non-hydrogen) atoms. The van der Waals surface area contributed by atoms with E-state index in [1.54, 1.807) is 20.0 Å². The fourth-order valence-corrected chi connectivity index (χ4v) is 1.46. The highest BCUT2D eigenvalue weighted by Crippen LogP contribution is 2.16. The summed E-state index contributed by atoms with van der Waals surface area (Å²) in [7, 11) is 1.74. The number of pyridine rings is 1. The van der Waals surface area contributed by atoms with E-state index >= 15 is 0 Å². The molecule has 2 N–H and O–H groups in total. The van der Waals surface area contributed by atoms with Crippen molar-refractivity contribution in [3.63, 3.8) is 0 Å². The van der Waals surface area contributed by atoms with Gasteiger partial charge >= 0.3 is 6.01 Å². The highest BCUT2D eigenvalue weighted by molar-refractivity contribution is 6.06. The molecule has 7 nitrogen and oxygen atoms in total. The Kier molecular flexibility index (Phi) is 3.22. The summed E-state index contributed by atoms with van der Waals surface area (Å²) in [5, 5.41) is 12.8. The molecule has 0 unspecified atom stereocenters. The van der Waals surface area contributed by atoms with Gasteiger partial charge in [0.05, 0.1) is 11.3 Å². The molecule has 0 aliphatic rings. The molecule has 2 aromatic rings. The van der Waals surface area contributed by atoms with E-state index in [1.165, 1.54) is 6.20 Å². The minimum Gasteiger partial charge on any atom is -0.408 e. The van der Waals surface area contributed by atoms with E-state index in [9.17, 15) is 4.79 Å². The molecule has 2 heterocycles. The van der Waals surface area contributed by atoms with Crippen LogP contribution >= 0.6 is 0 Å². The first-order valence-corrected chi connectivity index (χ1v) is 5.36. The fourth-order valence-electron chi connectivity index (χ4n) is 1.46. The fraction of sp³-hybridized carbons (Fsp3) is 0.273. The SMILES string of the molecule is CNc1cc(C)ncc1C(=O)Nc1nnc(C)o1. The molecule has 0 bridgehead atoms. The molecule has 7 heteroatoms. The van der Waals surface area contributed by atoms with Crippen molar-refractivity contribution in [3.05, 3.63) is 29.4 Å². The summed E-state index contributed by atoms with van der Waals surface area (Å²) in [6, 6.07) is 1.86. The van der Waals surface area contributed by atoms with Gasteiger partial charge in [0.2, 0.25) is 5.89 Å². The lowest BCUT2D eigenvalue weighted by atomic mass is 10.2. The number of nitrogens with zero attached hydrogens (tertiary/aromatic N) is 3. The number of rotatable bonds is 3. The van der Waals surface area contributed by atoms with Gasteiger partial charge in [-0.15, -0.1) is 5.10 Å². The normalized spacial score (nSPS) is 10.2. The number of amides is 1. The molecule has 0 spiro atoms. The van der Waals surface area contributed by atoms with Gasteiger partial charge in [-0.2, -0.15) is 0 Å². The van der Waals surface area contributed by atoms with E-state index < -0.39 is 0 Å². The van der Waals surface area contributed by atoms with Crippen LogP contribution in [0.4, 0.5) is 11.7 Å². The molecule has 0 saturated heterocycles. The first-order chi connectivity index (χ1) is 8.60. The van der Waals surface area contributed by atoms with Crippen molar-refractivity contribution in [2.45, 2.75) is 13.8 Å². The maximum Gasteiger partial charge on any atom is 0.322 e. The van der Waals surface area contributed by atoms with Crippen molar-refractivity contribution in [2.75, 3.05) is 17.7 Å². The topological polar surface area (TPSA) is 92.9 Å². The van der Waals surface area contributed by atoms with Crippen LogP contribution in [0.3, 0.4) is 0 Å². The Bertz CT molecular complexity index is 579. The lowest BCUT2D eigenvalue weighted by molar-refractivity contribution is 0.102. The Balaban J connectivity index is 2.23. The van der Waals surface area contributed by atoms with Crippen molar-refractivity contribution < 1.29 is 9.21 Å². The third-order valence-electron chi connectivity index (χ3n) is 2.30. The molecule has 0 atom stereocenters. The summed E-state index contributed by atoms with van der Waals surface area (Å²) in [5.41, 5.74) is 1.93. The molecule has 0 fully saturated rings. The minimum absolute atomic E-state index is 0.0696. The number of carbonyl (C=O) groups is 1. The van der Waals surface area contributed by atoms with Crippen molar-refractivity contribution in [2.24, 2.45) is 0 Å². The summed E-state index contributed by atoms with van der Waals surface area (Å²) in [6.45, 7) is 3.50. The maximum absolute atomic E-state index is 12.0. The lowest BCUT2D eigenvalue weighted by Crippen LogP contribution is -2.15. The van der Waals surface area contributed by atoms with Crippen molar-refractivity contribution in [1.82, 2.24) is 15.2 Å². The zero-order valence-electron chi connectivity index (χ0n) is 10.3. The van der Waals surface area contributed by atoms with E-state index in [0.717, 1.165) is 5.69 Å². The third kappa shape index (κ3) is 2.45. The van der Waals surface area contributed by atoms with Crippen LogP contribution in [0.15, 0.2) is 16.7 Å². The lowest BCUT2D eigenvalue weighted by Gasteiger charge is -2.08. The molecule has 1 amide bonds. The predicted molar refractivity (Wildman–Crippen MR) is 65.5 cm³/mol. The van der Waals surface area contributed by atoms with Crippen LogP contribution in [0, 0.1) is 13.8 Å². The van der Waals surface area contributed by atoms with Crippen LogP contribution in [0.1, 0.15) is 21.9 Å². The summed E-state index contributed by atoms with van der Waals surface area (Å²) in [4.78, 5) is 16.1. The van der Waals surface area contributed by atoms with Gasteiger partial charge in [0.1, 0.15) is 0 Å². The number of hydrogen-bond acceptors (Lipinski definition) is 6. The quantitative estimate of drug-likeness (QED) is 0.851. The molecule has 94 valence electrons. The van der Waals surface area contributed by atoms with Gasteiger partial charge in [-0.1, -0.05) is 5.10 Å². The predicted octanol–water partition coefficient (Wildman–Crippen LogP) is 1.38. The number of hydrogen-bond donors (Lipinski definition) is 2. The van der Waals surface area contributed by atoms with Crippen molar-refractivity contribution >= 4 is 17.6 Å². The van der Waals surface area contributed by atoms with Gasteiger partial charge in [0, 0.05) is 25.9 Å². The van der Waals surface area contributed by atoms with Crippen molar-refractivity contribution in [3.8, 4) is 0 Å². The Morgan fingerprint density at radius 1 is 1.33 bits per heavy atom. The number of nitrogens with one attached hydrogen (secondary N) is 2. The third-order valence-corrected chi connectivity index (χ3v) is 2.30. The molecule has 2 aromatic heterocycles. The van der Waals surface area contributed by atoms with Gasteiger partial charge in [-0.25, -0.2) is 0 Å². The molecule has 0 aromatic carbocycles. The van der Waals surface area contributed by atoms with Crippen LogP contribution in [-0.2, 0) is 0 Å². The van der Waals surface area contributed by atoms with Gasteiger partial charge in [0.25, 0.3) is 5.91 Å². The molecule has 2 rings (SSSR count). The second kappa shape index (κ2) is 4.82. The van der Waals surface area contributed by atoms with E-state index in [2.05, 4.69) is 25.8 Å². The summed E-state index contributed by atoms with van der Waals surface area (Å²) >= 11 is 0. The summed E-state index contributed by atoms with van der Waals surface area (Å²) in [5.74, 6) is 0.0386. The number of aromatic nitrogens is 3. The minimum atomic E-state index is -0.351. The zero-order chi connectivity index (χ0) is 13.1. The Hall–Kier alpha value is -2.44. The van der Waals surface area contributed by atoms with Crippen LogP contribution in [-0.4, -0.2) is 28.1 Å². The zero-order valence-corrected chi connectivity index (χ0v) is 10.3. The van der Waals surface area contributed by atoms with Crippen LogP contribution in [0.25, 0.3) is 0 Å². The molecular weight excluding hydrogens is 234 g/mol. The first kappa shape index (κ1) is 12.0. The largest absolute Gasteiger partial charge is 0.408 e. The van der Waals surface area contributed by atoms with Gasteiger partial charge < -0.3 is 9.73 Å². The average molecular weight is 247 g/mol. The van der Waals surface area contributed by atoms with E-state index in [-0.39, 0.29) is 11.9 Å². The second-order valence-corrected chi connectivity index (χ2v) is 3.70. The molecular formula is C11H13N5O2. The Labute approximate surface area is 104 Å². The Morgan fingerprint density at radius 2 is 2.11 bits per heavy atom. The monoisotopic (exact) mass is 247 g/mol. The summed E-state index contributed by atoms with van der Waals surface area (Å²) < 4.78 is 5.08. The van der Waals surface area contributed by atoms with Gasteiger partial charge in [-0.3, -0.25) is 15.1 Å². The van der Waals surface area contributed by atoms with Crippen LogP contribution < -0.4 is 10.6 Å². The first-order valence-electron chi connectivity index (χ1n) is 5.36. The molecule has 0 aliphatic heterocycles. The Morgan fingerprint density at radius 3 is 2.72 bits per heavy atom. The number of anilines is 2. The van der Waals surface area contributed by atoms with Crippen molar-refractivity contribution in [1.29, 1.82) is 0 Å². The van der Waals surface area contributed by atoms with E-state index in [1.807, 2.05) is 6.92 Å². The van der Waals surface area contributed by atoms with Crippen LogP contribution in [0.5, 0.6) is 0 Å². The highest BCUT2D eigenvalue weighted by atomic mass is 16.4. The average Bonchev–Trinajstić information content (AvgIpc) is 2.74. The highest BCUT2D eigenvalue weighted by Gasteiger charge is 2.14. The maximum atomic E-state index is 12.0. The molecule has 0 saturated carbocycles. The molecule has 0 aliphatic carbocycles.